The van der Waals surface area contributed by atoms with Crippen LogP contribution >= 0.6 is 0 Å². The Morgan fingerprint density at radius 2 is 0.643 bits per heavy atom. The van der Waals surface area contributed by atoms with Crippen LogP contribution in [0.15, 0.2) is 105 Å². The van der Waals surface area contributed by atoms with E-state index in [0.717, 1.165) is 11.4 Å². The number of benzene rings is 2. The Kier molecular flexibility index (Phi) is 24.4. The molecule has 1 aliphatic rings. The van der Waals surface area contributed by atoms with E-state index in [0.29, 0.717) is 176 Å². The number of anilines is 2. The molecule has 32 nitrogen and oxygen atoms in total. The predicted octanol–water partition coefficient (Wildman–Crippen LogP) is -0.561. The molecule has 4 heterocycles. The minimum absolute atomic E-state index is 0.0157. The SMILES string of the molecule is NC(N)=NCCCn1cc(COCCN(CCOCc2cn(CCCN=C(N)N)nn2)c2ccc(C3=C(O)C(c4ccc(N(CCOCc5cn(CCCN=C(N)N)nn5)CCOCc5cn(CCCN=C(N)N)nn5)cc4)=C3O)cc2)nn1. The number of nitrogens with zero attached hydrogens (tertiary/aromatic N) is 18. The van der Waals surface area contributed by atoms with Crippen molar-refractivity contribution in [2.45, 2.75) is 78.3 Å². The highest BCUT2D eigenvalue weighted by molar-refractivity contribution is 6.06. The number of guanidine groups is 4. The van der Waals surface area contributed by atoms with Gasteiger partial charge in [0.05, 0.1) is 88.8 Å². The molecule has 18 N–H and O–H groups in total. The number of aliphatic hydroxyl groups excluding tert-OH is 2. The molecule has 7 rings (SSSR count). The van der Waals surface area contributed by atoms with Gasteiger partial charge in [-0.05, 0) is 61.1 Å². The van der Waals surface area contributed by atoms with E-state index in [1.54, 1.807) is 18.7 Å². The molecule has 0 aliphatic heterocycles. The van der Waals surface area contributed by atoms with Gasteiger partial charge < -0.3 is 84.8 Å². The van der Waals surface area contributed by atoms with Gasteiger partial charge in [0.15, 0.2) is 23.8 Å². The van der Waals surface area contributed by atoms with E-state index in [9.17, 15) is 10.2 Å². The molecule has 0 bridgehead atoms. The van der Waals surface area contributed by atoms with Crippen LogP contribution in [-0.4, -0.2) is 173 Å². The van der Waals surface area contributed by atoms with Crippen LogP contribution in [0.5, 0.6) is 0 Å². The Labute approximate surface area is 485 Å². The number of hydrogen-bond donors (Lipinski definition) is 10. The summed E-state index contributed by atoms with van der Waals surface area (Å²) in [4.78, 5) is 20.3. The molecule has 6 aromatic rings. The molecule has 0 radical (unpaired) electrons. The molecule has 0 amide bonds. The number of aliphatic hydroxyl groups is 2. The third kappa shape index (κ3) is 20.5. The lowest BCUT2D eigenvalue weighted by Gasteiger charge is -2.27. The van der Waals surface area contributed by atoms with Gasteiger partial charge in [-0.15, -0.1) is 20.4 Å². The van der Waals surface area contributed by atoms with E-state index in [-0.39, 0.29) is 61.8 Å². The van der Waals surface area contributed by atoms with Crippen molar-refractivity contribution in [1.29, 1.82) is 0 Å². The highest BCUT2D eigenvalue weighted by Crippen LogP contribution is 2.45. The standard InChI is InChI=1S/C52H78N26O6/c53-49(54)61-13-1-17-75-29-39(65-69-75)33-81-25-21-73(22-26-82-34-40-30-76(70-66-40)18-2-14-62-50(55)56)43-9-5-37(6-10-43)45-47(79)46(48(45)80)38-7-11-44(12-8-38)74(23-27-83-35-41-31-77(71-67-41)19-3-15-63-51(57)58)24-28-84-36-42-32-78(72-68-42)20-4-16-64-52(59)60/h5-12,29-32,79-80H,1-4,13-28,33-36H2,(H4,53,54,61)(H4,55,56,62)(H4,57,58,63)(H4,59,60,64). The summed E-state index contributed by atoms with van der Waals surface area (Å²) in [5.41, 5.74) is 50.0. The van der Waals surface area contributed by atoms with Crippen LogP contribution in [0.4, 0.5) is 11.4 Å². The van der Waals surface area contributed by atoms with Crippen molar-refractivity contribution in [1.82, 2.24) is 60.0 Å². The number of nitrogens with two attached hydrogens (primary N) is 8. The van der Waals surface area contributed by atoms with Crippen molar-refractivity contribution in [3.63, 3.8) is 0 Å². The minimum Gasteiger partial charge on any atom is -0.506 e. The molecule has 32 heteroatoms. The van der Waals surface area contributed by atoms with Crippen LogP contribution in [0.3, 0.4) is 0 Å². The van der Waals surface area contributed by atoms with Crippen LogP contribution in [0, 0.1) is 0 Å². The number of rotatable bonds is 40. The average molecular weight is 1160 g/mol. The third-order valence-corrected chi connectivity index (χ3v) is 12.7. The summed E-state index contributed by atoms with van der Waals surface area (Å²) >= 11 is 0. The average Bonchev–Trinajstić information content (AvgIpc) is 2.17. The zero-order chi connectivity index (χ0) is 59.5. The highest BCUT2D eigenvalue weighted by atomic mass is 16.5. The Hall–Kier alpha value is -9.40. The summed E-state index contributed by atoms with van der Waals surface area (Å²) in [7, 11) is 0. The first-order chi connectivity index (χ1) is 40.8. The second kappa shape index (κ2) is 32.9. The number of aryl methyl sites for hydroxylation is 4. The van der Waals surface area contributed by atoms with E-state index >= 15 is 0 Å². The van der Waals surface area contributed by atoms with Crippen molar-refractivity contribution in [3.05, 3.63) is 119 Å². The monoisotopic (exact) mass is 1160 g/mol. The van der Waals surface area contributed by atoms with E-state index in [1.165, 1.54) is 0 Å². The molecule has 4 aromatic heterocycles. The molecule has 0 saturated carbocycles. The van der Waals surface area contributed by atoms with Gasteiger partial charge in [-0.2, -0.15) is 0 Å². The first-order valence-corrected chi connectivity index (χ1v) is 27.4. The summed E-state index contributed by atoms with van der Waals surface area (Å²) in [6, 6.07) is 15.2. The number of ether oxygens (including phenoxy) is 4. The number of hydrogen-bond acceptors (Lipinski definition) is 20. The fraction of sp³-hybridized carbons (Fsp3) is 0.462. The van der Waals surface area contributed by atoms with Crippen molar-refractivity contribution >= 4 is 46.4 Å². The van der Waals surface area contributed by atoms with Gasteiger partial charge in [-0.25, -0.2) is 0 Å². The first kappa shape index (κ1) is 62.2. The van der Waals surface area contributed by atoms with Crippen molar-refractivity contribution in [2.24, 2.45) is 65.8 Å². The molecule has 452 valence electrons. The second-order valence-electron chi connectivity index (χ2n) is 19.3. The van der Waals surface area contributed by atoms with Gasteiger partial charge in [-0.3, -0.25) is 38.7 Å². The maximum absolute atomic E-state index is 11.5. The molecule has 0 fully saturated rings. The Morgan fingerprint density at radius 1 is 0.393 bits per heavy atom. The zero-order valence-corrected chi connectivity index (χ0v) is 47.1. The van der Waals surface area contributed by atoms with E-state index < -0.39 is 0 Å². The lowest BCUT2D eigenvalue weighted by Crippen LogP contribution is -2.31. The van der Waals surface area contributed by atoms with Crippen LogP contribution in [0.1, 0.15) is 59.6 Å². The third-order valence-electron chi connectivity index (χ3n) is 12.7. The van der Waals surface area contributed by atoms with Gasteiger partial charge >= 0.3 is 0 Å². The summed E-state index contributed by atoms with van der Waals surface area (Å²) in [5.74, 6) is 0.178. The van der Waals surface area contributed by atoms with Gasteiger partial charge in [0, 0.05) is 89.9 Å². The molecular weight excluding hydrogens is 1080 g/mol. The minimum atomic E-state index is -0.0157. The Morgan fingerprint density at radius 3 is 0.881 bits per heavy atom. The van der Waals surface area contributed by atoms with E-state index in [4.69, 9.17) is 64.8 Å². The van der Waals surface area contributed by atoms with Crippen LogP contribution in [0.25, 0.3) is 11.1 Å². The summed E-state index contributed by atoms with van der Waals surface area (Å²) in [6.07, 6.45) is 10.2. The van der Waals surface area contributed by atoms with Crippen molar-refractivity contribution < 1.29 is 29.2 Å². The maximum atomic E-state index is 11.5. The Bertz CT molecular complexity index is 2770. The van der Waals surface area contributed by atoms with Gasteiger partial charge in [0.1, 0.15) is 34.3 Å². The molecular formula is C52H78N26O6. The van der Waals surface area contributed by atoms with Crippen LogP contribution in [0.2, 0.25) is 0 Å². The fourth-order valence-corrected chi connectivity index (χ4v) is 8.60. The first-order valence-electron chi connectivity index (χ1n) is 27.4. The Balaban J connectivity index is 0.954. The lowest BCUT2D eigenvalue weighted by atomic mass is 9.84. The summed E-state index contributed by atoms with van der Waals surface area (Å²) in [5, 5.41) is 56.7. The molecule has 0 saturated heterocycles. The van der Waals surface area contributed by atoms with Gasteiger partial charge in [-0.1, -0.05) is 45.1 Å². The smallest absolute Gasteiger partial charge is 0.185 e. The fourth-order valence-electron chi connectivity index (χ4n) is 8.60. The van der Waals surface area contributed by atoms with Gasteiger partial charge in [0.25, 0.3) is 0 Å². The topological polar surface area (TPSA) is 464 Å². The normalized spacial score (nSPS) is 12.1. The number of allylic oxidation sites excluding steroid dienone is 2. The molecule has 1 aliphatic carbocycles. The quantitative estimate of drug-likeness (QED) is 0.0131. The molecule has 2 aromatic carbocycles. The predicted molar refractivity (Wildman–Crippen MR) is 316 cm³/mol. The lowest BCUT2D eigenvalue weighted by molar-refractivity contribution is 0.112. The largest absolute Gasteiger partial charge is 0.506 e. The van der Waals surface area contributed by atoms with Crippen LogP contribution < -0.4 is 55.7 Å². The van der Waals surface area contributed by atoms with Crippen LogP contribution in [-0.2, 0) is 71.6 Å². The maximum Gasteiger partial charge on any atom is 0.185 e. The zero-order valence-electron chi connectivity index (χ0n) is 47.1. The highest BCUT2D eigenvalue weighted by Gasteiger charge is 2.31. The van der Waals surface area contributed by atoms with E-state index in [2.05, 4.69) is 71.0 Å². The molecule has 0 unspecified atom stereocenters. The number of aromatic nitrogens is 12. The summed E-state index contributed by atoms with van der Waals surface area (Å²) < 4.78 is 31.2. The van der Waals surface area contributed by atoms with Crippen molar-refractivity contribution in [2.75, 3.05) is 88.6 Å². The number of aliphatic imine (C=N–C) groups is 4. The van der Waals surface area contributed by atoms with Crippen molar-refractivity contribution in [3.8, 4) is 0 Å². The van der Waals surface area contributed by atoms with Gasteiger partial charge in [0.2, 0.25) is 0 Å². The summed E-state index contributed by atoms with van der Waals surface area (Å²) in [6.45, 7) is 9.00. The molecule has 84 heavy (non-hydrogen) atoms. The van der Waals surface area contributed by atoms with E-state index in [1.807, 2.05) is 73.3 Å². The molecule has 0 spiro atoms. The molecule has 0 atom stereocenters. The second-order valence-corrected chi connectivity index (χ2v) is 19.3.